The predicted molar refractivity (Wildman–Crippen MR) is 74.0 cm³/mol. The Morgan fingerprint density at radius 1 is 1.19 bits per heavy atom. The van der Waals surface area contributed by atoms with Crippen molar-refractivity contribution < 1.29 is 13.9 Å². The highest BCUT2D eigenvalue weighted by Gasteiger charge is 2.23. The van der Waals surface area contributed by atoms with E-state index in [0.29, 0.717) is 24.3 Å². The minimum atomic E-state index is -0.999. The number of hydrogen-bond donors (Lipinski definition) is 0. The van der Waals surface area contributed by atoms with Gasteiger partial charge in [0.1, 0.15) is 11.7 Å². The third-order valence-electron chi connectivity index (χ3n) is 3.58. The van der Waals surface area contributed by atoms with Gasteiger partial charge < -0.3 is 4.74 Å². The molecule has 0 aromatic heterocycles. The van der Waals surface area contributed by atoms with Crippen molar-refractivity contribution in [2.75, 3.05) is 0 Å². The van der Waals surface area contributed by atoms with Gasteiger partial charge in [-0.25, -0.2) is 4.39 Å². The third kappa shape index (κ3) is 2.56. The zero-order chi connectivity index (χ0) is 14.8. The number of fused-ring (bicyclic) bond motifs is 1. The number of rotatable bonds is 3. The van der Waals surface area contributed by atoms with Crippen LogP contribution in [0, 0.1) is 17.1 Å². The largest absolute Gasteiger partial charge is 0.372 e. The van der Waals surface area contributed by atoms with E-state index in [1.54, 1.807) is 18.2 Å². The first-order chi connectivity index (χ1) is 10.2. The molecule has 1 heterocycles. The fourth-order valence-corrected chi connectivity index (χ4v) is 2.46. The lowest BCUT2D eigenvalue weighted by molar-refractivity contribution is 0.0978. The maximum Gasteiger partial charge on any atom is 0.184 e. The lowest BCUT2D eigenvalue weighted by Crippen LogP contribution is -2.12. The van der Waals surface area contributed by atoms with Crippen molar-refractivity contribution >= 4 is 5.78 Å². The Kier molecular flexibility index (Phi) is 3.51. The van der Waals surface area contributed by atoms with E-state index in [1.165, 1.54) is 18.2 Å². The molecule has 0 N–H and O–H groups in total. The summed E-state index contributed by atoms with van der Waals surface area (Å²) in [5, 5.41) is 9.28. The van der Waals surface area contributed by atoms with Gasteiger partial charge in [-0.1, -0.05) is 24.3 Å². The summed E-state index contributed by atoms with van der Waals surface area (Å²) >= 11 is 0. The number of halogens is 1. The number of ether oxygens (including phenoxy) is 1. The minimum absolute atomic E-state index is 0.321. The van der Waals surface area contributed by atoms with Gasteiger partial charge in [-0.05, 0) is 34.9 Å². The molecule has 2 aromatic rings. The molecule has 0 aliphatic carbocycles. The summed E-state index contributed by atoms with van der Waals surface area (Å²) in [5.41, 5.74) is 2.86. The van der Waals surface area contributed by atoms with E-state index < -0.39 is 11.7 Å². The van der Waals surface area contributed by atoms with Crippen LogP contribution in [0.2, 0.25) is 0 Å². The van der Waals surface area contributed by atoms with Crippen molar-refractivity contribution in [3.8, 4) is 6.07 Å². The number of nitriles is 1. The van der Waals surface area contributed by atoms with Crippen LogP contribution in [0.5, 0.6) is 0 Å². The van der Waals surface area contributed by atoms with Crippen LogP contribution in [0.25, 0.3) is 0 Å². The van der Waals surface area contributed by atoms with Crippen molar-refractivity contribution in [2.45, 2.75) is 19.1 Å². The zero-order valence-corrected chi connectivity index (χ0v) is 11.2. The monoisotopic (exact) mass is 281 g/mol. The smallest absolute Gasteiger partial charge is 0.184 e. The molecule has 1 aliphatic rings. The first kappa shape index (κ1) is 13.5. The molecule has 0 saturated carbocycles. The van der Waals surface area contributed by atoms with E-state index in [9.17, 15) is 14.4 Å². The van der Waals surface area contributed by atoms with Crippen LogP contribution in [-0.4, -0.2) is 5.78 Å². The molecular formula is C17H12FNO2. The SMILES string of the molecule is N#CC(C(=O)c1ccc2c(c1)COC2)c1cccc(F)c1. The van der Waals surface area contributed by atoms with Crippen molar-refractivity contribution in [3.05, 3.63) is 70.5 Å². The molecule has 21 heavy (non-hydrogen) atoms. The molecule has 0 bridgehead atoms. The Labute approximate surface area is 121 Å². The molecule has 0 radical (unpaired) electrons. The summed E-state index contributed by atoms with van der Waals surface area (Å²) in [7, 11) is 0. The molecule has 0 saturated heterocycles. The average Bonchev–Trinajstić information content (AvgIpc) is 2.95. The molecule has 104 valence electrons. The quantitative estimate of drug-likeness (QED) is 0.811. The fourth-order valence-electron chi connectivity index (χ4n) is 2.46. The molecule has 0 amide bonds. The van der Waals surface area contributed by atoms with Gasteiger partial charge in [0.05, 0.1) is 19.3 Å². The van der Waals surface area contributed by atoms with Crippen LogP contribution in [0.4, 0.5) is 4.39 Å². The third-order valence-corrected chi connectivity index (χ3v) is 3.58. The van der Waals surface area contributed by atoms with Crippen molar-refractivity contribution in [2.24, 2.45) is 0 Å². The lowest BCUT2D eigenvalue weighted by atomic mass is 9.90. The van der Waals surface area contributed by atoms with Gasteiger partial charge in [0.2, 0.25) is 0 Å². The highest BCUT2D eigenvalue weighted by Crippen LogP contribution is 2.25. The Bertz CT molecular complexity index is 749. The summed E-state index contributed by atoms with van der Waals surface area (Å²) in [4.78, 5) is 12.5. The van der Waals surface area contributed by atoms with Crippen LogP contribution in [-0.2, 0) is 18.0 Å². The van der Waals surface area contributed by atoms with Crippen molar-refractivity contribution in [1.82, 2.24) is 0 Å². The molecule has 1 aliphatic heterocycles. The highest BCUT2D eigenvalue weighted by atomic mass is 19.1. The summed E-state index contributed by atoms with van der Waals surface area (Å²) in [6.07, 6.45) is 0. The number of Topliss-reactive ketones (excluding diaryl/α,β-unsaturated/α-hetero) is 1. The number of hydrogen-bond acceptors (Lipinski definition) is 3. The van der Waals surface area contributed by atoms with Gasteiger partial charge in [0.15, 0.2) is 5.78 Å². The van der Waals surface area contributed by atoms with E-state index in [-0.39, 0.29) is 5.78 Å². The molecule has 0 spiro atoms. The van der Waals surface area contributed by atoms with E-state index in [1.807, 2.05) is 12.1 Å². The van der Waals surface area contributed by atoms with Crippen LogP contribution >= 0.6 is 0 Å². The van der Waals surface area contributed by atoms with E-state index in [0.717, 1.165) is 11.1 Å². The van der Waals surface area contributed by atoms with Crippen LogP contribution in [0.3, 0.4) is 0 Å². The zero-order valence-electron chi connectivity index (χ0n) is 11.2. The Hall–Kier alpha value is -2.51. The molecule has 2 aromatic carbocycles. The summed E-state index contributed by atoms with van der Waals surface area (Å²) in [6, 6.07) is 12.9. The van der Waals surface area contributed by atoms with Gasteiger partial charge >= 0.3 is 0 Å². The molecule has 0 fully saturated rings. The van der Waals surface area contributed by atoms with Crippen LogP contribution in [0.1, 0.15) is 33.0 Å². The standard InChI is InChI=1S/C17H12FNO2/c18-15-3-1-2-11(7-15)16(8-19)17(20)12-4-5-13-9-21-10-14(13)6-12/h1-7,16H,9-10H2. The Balaban J connectivity index is 1.95. The maximum absolute atomic E-state index is 13.3. The van der Waals surface area contributed by atoms with E-state index >= 15 is 0 Å². The molecule has 3 rings (SSSR count). The number of benzene rings is 2. The fraction of sp³-hybridized carbons (Fsp3) is 0.176. The second-order valence-corrected chi connectivity index (χ2v) is 4.96. The molecule has 1 atom stereocenters. The molecule has 4 heteroatoms. The number of carbonyl (C=O) groups excluding carboxylic acids is 1. The maximum atomic E-state index is 13.3. The summed E-state index contributed by atoms with van der Waals surface area (Å²) < 4.78 is 18.6. The van der Waals surface area contributed by atoms with E-state index in [2.05, 4.69) is 0 Å². The van der Waals surface area contributed by atoms with Gasteiger partial charge in [0, 0.05) is 5.56 Å². The molecule has 3 nitrogen and oxygen atoms in total. The minimum Gasteiger partial charge on any atom is -0.372 e. The number of carbonyl (C=O) groups is 1. The van der Waals surface area contributed by atoms with Gasteiger partial charge in [-0.2, -0.15) is 5.26 Å². The van der Waals surface area contributed by atoms with E-state index in [4.69, 9.17) is 4.74 Å². The highest BCUT2D eigenvalue weighted by molar-refractivity contribution is 6.03. The van der Waals surface area contributed by atoms with Gasteiger partial charge in [-0.15, -0.1) is 0 Å². The number of nitrogens with zero attached hydrogens (tertiary/aromatic N) is 1. The first-order valence-electron chi connectivity index (χ1n) is 6.58. The lowest BCUT2D eigenvalue weighted by Gasteiger charge is -2.09. The topological polar surface area (TPSA) is 50.1 Å². The second kappa shape index (κ2) is 5.47. The average molecular weight is 281 g/mol. The predicted octanol–water partition coefficient (Wildman–Crippen LogP) is 3.35. The van der Waals surface area contributed by atoms with Crippen molar-refractivity contribution in [3.63, 3.8) is 0 Å². The second-order valence-electron chi connectivity index (χ2n) is 4.96. The van der Waals surface area contributed by atoms with Gasteiger partial charge in [-0.3, -0.25) is 4.79 Å². The summed E-state index contributed by atoms with van der Waals surface area (Å²) in [5.74, 6) is -1.78. The summed E-state index contributed by atoms with van der Waals surface area (Å²) in [6.45, 7) is 1.03. The molecule has 1 unspecified atom stereocenters. The normalized spacial score (nSPS) is 14.3. The molecular weight excluding hydrogens is 269 g/mol. The first-order valence-corrected chi connectivity index (χ1v) is 6.58. The van der Waals surface area contributed by atoms with Crippen molar-refractivity contribution in [1.29, 1.82) is 5.26 Å². The number of ketones is 1. The van der Waals surface area contributed by atoms with Crippen LogP contribution in [0.15, 0.2) is 42.5 Å². The Morgan fingerprint density at radius 2 is 2.00 bits per heavy atom. The van der Waals surface area contributed by atoms with Crippen LogP contribution < -0.4 is 0 Å². The van der Waals surface area contributed by atoms with Gasteiger partial charge in [0.25, 0.3) is 0 Å². The Morgan fingerprint density at radius 3 is 2.76 bits per heavy atom.